The van der Waals surface area contributed by atoms with Gasteiger partial charge in [0.25, 0.3) is 0 Å². The topological polar surface area (TPSA) is 80.4 Å². The van der Waals surface area contributed by atoms with Crippen LogP contribution in [-0.2, 0) is 9.59 Å². The third kappa shape index (κ3) is 4.55. The van der Waals surface area contributed by atoms with Crippen LogP contribution in [0.3, 0.4) is 0 Å². The minimum atomic E-state index is -1.66. The van der Waals surface area contributed by atoms with Crippen molar-refractivity contribution in [2.45, 2.75) is 89.0 Å². The highest BCUT2D eigenvalue weighted by Crippen LogP contribution is 2.32. The predicted molar refractivity (Wildman–Crippen MR) is 86.6 cm³/mol. The zero-order valence-electron chi connectivity index (χ0n) is 13.7. The molecule has 4 heteroatoms. The summed E-state index contributed by atoms with van der Waals surface area (Å²) in [6, 6.07) is 0. The van der Waals surface area contributed by atoms with E-state index >= 15 is 0 Å². The number of carboxylic acids is 1. The largest absolute Gasteiger partial charge is 0.480 e. The summed E-state index contributed by atoms with van der Waals surface area (Å²) >= 11 is 0. The van der Waals surface area contributed by atoms with Gasteiger partial charge in [0.1, 0.15) is 0 Å². The maximum absolute atomic E-state index is 12.5. The van der Waals surface area contributed by atoms with Crippen LogP contribution >= 0.6 is 0 Å². The summed E-state index contributed by atoms with van der Waals surface area (Å²) in [6.45, 7) is 0. The summed E-state index contributed by atoms with van der Waals surface area (Å²) in [6.07, 6.45) is 13.1. The molecule has 2 rings (SSSR count). The van der Waals surface area contributed by atoms with Crippen LogP contribution in [0, 0.1) is 11.8 Å². The van der Waals surface area contributed by atoms with Crippen molar-refractivity contribution < 1.29 is 14.7 Å². The number of hydrogen-bond acceptors (Lipinski definition) is 3. The van der Waals surface area contributed by atoms with E-state index in [9.17, 15) is 14.7 Å². The second-order valence-corrected chi connectivity index (χ2v) is 7.45. The lowest BCUT2D eigenvalue weighted by Gasteiger charge is -2.31. The number of Topliss-reactive ketones (excluding diaryl/α,β-unsaturated/α-hetero) is 1. The number of carbonyl (C=O) groups excluding carboxylic acids is 1. The Bertz CT molecular complexity index is 384. The first kappa shape index (κ1) is 17.5. The van der Waals surface area contributed by atoms with Gasteiger partial charge in [-0.2, -0.15) is 0 Å². The fraction of sp³-hybridized carbons (Fsp3) is 0.889. The summed E-state index contributed by atoms with van der Waals surface area (Å²) in [7, 11) is 0. The van der Waals surface area contributed by atoms with E-state index < -0.39 is 11.5 Å². The molecule has 0 bridgehead atoms. The summed E-state index contributed by atoms with van der Waals surface area (Å²) in [4.78, 5) is 24.2. The lowest BCUT2D eigenvalue weighted by molar-refractivity contribution is -0.149. The van der Waals surface area contributed by atoms with E-state index in [4.69, 9.17) is 5.73 Å². The number of carbonyl (C=O) groups is 2. The van der Waals surface area contributed by atoms with Gasteiger partial charge in [0, 0.05) is 6.42 Å². The maximum Gasteiger partial charge on any atom is 0.331 e. The Morgan fingerprint density at radius 3 is 1.91 bits per heavy atom. The van der Waals surface area contributed by atoms with Crippen LogP contribution in [0.4, 0.5) is 0 Å². The number of carboxylic acid groups (broad SMARTS) is 1. The van der Waals surface area contributed by atoms with Crippen molar-refractivity contribution in [3.05, 3.63) is 0 Å². The van der Waals surface area contributed by atoms with Crippen LogP contribution in [0.1, 0.15) is 83.5 Å². The molecule has 0 spiro atoms. The molecule has 0 heterocycles. The van der Waals surface area contributed by atoms with Crippen LogP contribution in [0.2, 0.25) is 0 Å². The molecule has 0 saturated heterocycles. The summed E-state index contributed by atoms with van der Waals surface area (Å²) < 4.78 is 0. The van der Waals surface area contributed by atoms with Gasteiger partial charge in [0.15, 0.2) is 11.3 Å². The van der Waals surface area contributed by atoms with Gasteiger partial charge in [-0.25, -0.2) is 4.79 Å². The molecule has 1 atom stereocenters. The Morgan fingerprint density at radius 2 is 1.41 bits per heavy atom. The molecule has 2 saturated carbocycles. The van der Waals surface area contributed by atoms with Crippen molar-refractivity contribution in [3.63, 3.8) is 0 Å². The van der Waals surface area contributed by atoms with E-state index in [0.717, 1.165) is 32.1 Å². The van der Waals surface area contributed by atoms with E-state index in [2.05, 4.69) is 0 Å². The van der Waals surface area contributed by atoms with Crippen LogP contribution in [-0.4, -0.2) is 22.4 Å². The summed E-state index contributed by atoms with van der Waals surface area (Å²) in [5.74, 6) is -0.498. The molecule has 0 amide bonds. The monoisotopic (exact) mass is 309 g/mol. The molecular weight excluding hydrogens is 278 g/mol. The molecule has 126 valence electrons. The smallest absolute Gasteiger partial charge is 0.331 e. The van der Waals surface area contributed by atoms with Crippen molar-refractivity contribution >= 4 is 11.8 Å². The lowest BCUT2D eigenvalue weighted by atomic mass is 9.76. The molecule has 3 N–H and O–H groups in total. The van der Waals surface area contributed by atoms with Crippen LogP contribution < -0.4 is 5.73 Å². The van der Waals surface area contributed by atoms with E-state index in [0.29, 0.717) is 24.7 Å². The summed E-state index contributed by atoms with van der Waals surface area (Å²) in [5.41, 5.74) is 4.43. The Balaban J connectivity index is 1.89. The molecule has 2 aliphatic rings. The molecule has 0 radical (unpaired) electrons. The fourth-order valence-electron chi connectivity index (χ4n) is 4.20. The van der Waals surface area contributed by atoms with Crippen molar-refractivity contribution in [1.29, 1.82) is 0 Å². The number of nitrogens with two attached hydrogens (primary N) is 1. The van der Waals surface area contributed by atoms with Crippen molar-refractivity contribution in [3.8, 4) is 0 Å². The zero-order valence-corrected chi connectivity index (χ0v) is 13.7. The number of aliphatic carboxylic acids is 1. The first-order valence-electron chi connectivity index (χ1n) is 9.08. The highest BCUT2D eigenvalue weighted by Gasteiger charge is 2.43. The van der Waals surface area contributed by atoms with E-state index in [1.54, 1.807) is 0 Å². The SMILES string of the molecule is N[C@](CC1CCCCC1)(C(=O)O)C(=O)CCC1CCCCC1. The Morgan fingerprint density at radius 1 is 0.909 bits per heavy atom. The maximum atomic E-state index is 12.5. The third-order valence-electron chi connectivity index (χ3n) is 5.72. The third-order valence-corrected chi connectivity index (χ3v) is 5.72. The van der Waals surface area contributed by atoms with Gasteiger partial charge in [-0.1, -0.05) is 64.2 Å². The number of rotatable bonds is 7. The van der Waals surface area contributed by atoms with E-state index in [-0.39, 0.29) is 5.78 Å². The molecule has 0 aromatic rings. The van der Waals surface area contributed by atoms with Gasteiger partial charge in [-0.05, 0) is 24.7 Å². The van der Waals surface area contributed by atoms with Crippen molar-refractivity contribution in [2.24, 2.45) is 17.6 Å². The Labute approximate surface area is 133 Å². The van der Waals surface area contributed by atoms with Crippen LogP contribution in [0.5, 0.6) is 0 Å². The second kappa shape index (κ2) is 8.09. The minimum Gasteiger partial charge on any atom is -0.480 e. The highest BCUT2D eigenvalue weighted by atomic mass is 16.4. The first-order chi connectivity index (χ1) is 10.5. The molecule has 0 unspecified atom stereocenters. The molecule has 2 fully saturated rings. The second-order valence-electron chi connectivity index (χ2n) is 7.45. The first-order valence-corrected chi connectivity index (χ1v) is 9.08. The normalized spacial score (nSPS) is 23.9. The average Bonchev–Trinajstić information content (AvgIpc) is 2.54. The molecule has 22 heavy (non-hydrogen) atoms. The van der Waals surface area contributed by atoms with Crippen LogP contribution in [0.25, 0.3) is 0 Å². The van der Waals surface area contributed by atoms with Gasteiger partial charge in [0.05, 0.1) is 0 Å². The molecule has 4 nitrogen and oxygen atoms in total. The Kier molecular flexibility index (Phi) is 6.42. The fourth-order valence-corrected chi connectivity index (χ4v) is 4.20. The molecule has 2 aliphatic carbocycles. The van der Waals surface area contributed by atoms with Crippen molar-refractivity contribution in [2.75, 3.05) is 0 Å². The van der Waals surface area contributed by atoms with Crippen molar-refractivity contribution in [1.82, 2.24) is 0 Å². The van der Waals surface area contributed by atoms with Gasteiger partial charge >= 0.3 is 5.97 Å². The zero-order chi connectivity index (χ0) is 16.0. The standard InChI is InChI=1S/C18H31NO3/c19-18(17(21)22,13-15-9-5-2-6-10-15)16(20)12-11-14-7-3-1-4-8-14/h14-15H,1-13,19H2,(H,21,22)/t18-/m0/s1. The lowest BCUT2D eigenvalue weighted by Crippen LogP contribution is -2.56. The number of hydrogen-bond donors (Lipinski definition) is 2. The van der Waals surface area contributed by atoms with Gasteiger partial charge in [0.2, 0.25) is 0 Å². The average molecular weight is 309 g/mol. The predicted octanol–water partition coefficient (Wildman–Crippen LogP) is 3.67. The highest BCUT2D eigenvalue weighted by molar-refractivity contribution is 6.07. The summed E-state index contributed by atoms with van der Waals surface area (Å²) in [5, 5.41) is 9.52. The molecule has 0 aliphatic heterocycles. The van der Waals surface area contributed by atoms with E-state index in [1.807, 2.05) is 0 Å². The minimum absolute atomic E-state index is 0.254. The molecule has 0 aromatic carbocycles. The molecule has 0 aromatic heterocycles. The van der Waals surface area contributed by atoms with Gasteiger partial charge in [-0.15, -0.1) is 0 Å². The van der Waals surface area contributed by atoms with E-state index in [1.165, 1.54) is 38.5 Å². The van der Waals surface area contributed by atoms with Gasteiger partial charge < -0.3 is 10.8 Å². The van der Waals surface area contributed by atoms with Crippen LogP contribution in [0.15, 0.2) is 0 Å². The number of ketones is 1. The van der Waals surface area contributed by atoms with Gasteiger partial charge in [-0.3, -0.25) is 4.79 Å². The Hall–Kier alpha value is -0.900. The quantitative estimate of drug-likeness (QED) is 0.703. The molecular formula is C18H31NO3.